The van der Waals surface area contributed by atoms with Gasteiger partial charge in [-0.2, -0.15) is 0 Å². The van der Waals surface area contributed by atoms with Crippen molar-refractivity contribution >= 4 is 19.0 Å². The molecule has 3 heteroatoms. The van der Waals surface area contributed by atoms with Crippen molar-refractivity contribution in [2.75, 3.05) is 0 Å². The fourth-order valence-electron chi connectivity index (χ4n) is 0.572. The molecule has 0 heterocycles. The van der Waals surface area contributed by atoms with Crippen molar-refractivity contribution in [3.8, 4) is 0 Å². The first-order valence-corrected chi connectivity index (χ1v) is 4.96. The van der Waals surface area contributed by atoms with E-state index in [9.17, 15) is 0 Å². The molecule has 1 nitrogen and oxygen atoms in total. The van der Waals surface area contributed by atoms with Crippen LogP contribution in [0.25, 0.3) is 0 Å². The second-order valence-electron chi connectivity index (χ2n) is 1.86. The Morgan fingerprint density at radius 2 is 2.38 bits per heavy atom. The summed E-state index contributed by atoms with van der Waals surface area (Å²) in [4.78, 5) is 0. The van der Waals surface area contributed by atoms with E-state index in [0.29, 0.717) is 13.2 Å². The molecule has 2 atom stereocenters. The van der Waals surface area contributed by atoms with E-state index in [1.165, 1.54) is 12.8 Å². The SMILES string of the molecule is CCCC(C)N=[PH]=S. The molecular weight excluding hydrogens is 137 g/mol. The summed E-state index contributed by atoms with van der Waals surface area (Å²) in [6.45, 7) is 4.28. The highest BCUT2D eigenvalue weighted by Gasteiger charge is 1.91. The van der Waals surface area contributed by atoms with Gasteiger partial charge in [-0.3, -0.25) is 4.74 Å². The Morgan fingerprint density at radius 1 is 1.75 bits per heavy atom. The molecule has 0 aromatic heterocycles. The Hall–Kier alpha value is 0.320. The van der Waals surface area contributed by atoms with Gasteiger partial charge in [0.1, 0.15) is 0 Å². The van der Waals surface area contributed by atoms with Gasteiger partial charge in [0.2, 0.25) is 0 Å². The first-order chi connectivity index (χ1) is 3.81. The minimum atomic E-state index is 0.356. The van der Waals surface area contributed by atoms with E-state index >= 15 is 0 Å². The third-order valence-corrected chi connectivity index (χ3v) is 1.84. The third kappa shape index (κ3) is 4.48. The molecule has 0 saturated heterocycles. The molecule has 0 radical (unpaired) electrons. The average molecular weight is 149 g/mol. The zero-order chi connectivity index (χ0) is 6.41. The summed E-state index contributed by atoms with van der Waals surface area (Å²) in [5.74, 6) is 0. The molecule has 0 aliphatic rings. The molecule has 0 spiro atoms. The van der Waals surface area contributed by atoms with E-state index in [1.54, 1.807) is 0 Å². The van der Waals surface area contributed by atoms with Crippen molar-refractivity contribution in [2.24, 2.45) is 4.74 Å². The second-order valence-corrected chi connectivity index (χ2v) is 2.85. The monoisotopic (exact) mass is 149 g/mol. The zero-order valence-electron chi connectivity index (χ0n) is 5.35. The number of hydrogen-bond acceptors (Lipinski definition) is 2. The zero-order valence-corrected chi connectivity index (χ0v) is 7.16. The first kappa shape index (κ1) is 8.32. The predicted molar refractivity (Wildman–Crippen MR) is 42.5 cm³/mol. The Labute approximate surface area is 57.1 Å². The molecule has 2 unspecified atom stereocenters. The summed E-state index contributed by atoms with van der Waals surface area (Å²) < 4.78 is 4.16. The van der Waals surface area contributed by atoms with Crippen LogP contribution in [0.15, 0.2) is 4.74 Å². The third-order valence-electron chi connectivity index (χ3n) is 0.980. The van der Waals surface area contributed by atoms with Crippen LogP contribution in [-0.4, -0.2) is 6.04 Å². The van der Waals surface area contributed by atoms with Crippen LogP contribution in [0.3, 0.4) is 0 Å². The predicted octanol–water partition coefficient (Wildman–Crippen LogP) is 2.50. The summed E-state index contributed by atoms with van der Waals surface area (Å²) >= 11 is 4.70. The maximum atomic E-state index is 4.70. The highest BCUT2D eigenvalue weighted by Crippen LogP contribution is 2.02. The van der Waals surface area contributed by atoms with Crippen molar-refractivity contribution < 1.29 is 0 Å². The molecule has 48 valence electrons. The Kier molecular flexibility index (Phi) is 5.67. The molecule has 8 heavy (non-hydrogen) atoms. The van der Waals surface area contributed by atoms with Crippen LogP contribution < -0.4 is 0 Å². The fraction of sp³-hybridized carbons (Fsp3) is 1.00. The molecule has 0 fully saturated rings. The minimum Gasteiger partial charge on any atom is -0.263 e. The maximum Gasteiger partial charge on any atom is 0.0517 e. The molecule has 0 amide bonds. The van der Waals surface area contributed by atoms with Gasteiger partial charge in [0.25, 0.3) is 0 Å². The fourth-order valence-corrected chi connectivity index (χ4v) is 1.42. The van der Waals surface area contributed by atoms with E-state index in [-0.39, 0.29) is 0 Å². The van der Waals surface area contributed by atoms with Crippen molar-refractivity contribution in [3.05, 3.63) is 0 Å². The van der Waals surface area contributed by atoms with E-state index < -0.39 is 0 Å². The van der Waals surface area contributed by atoms with Crippen LogP contribution in [0.2, 0.25) is 0 Å². The lowest BCUT2D eigenvalue weighted by Crippen LogP contribution is -1.92. The summed E-state index contributed by atoms with van der Waals surface area (Å²) in [6, 6.07) is 0.496. The van der Waals surface area contributed by atoms with Crippen LogP contribution in [-0.2, 0) is 11.8 Å². The van der Waals surface area contributed by atoms with Crippen molar-refractivity contribution in [1.82, 2.24) is 0 Å². The highest BCUT2D eigenvalue weighted by atomic mass is 32.4. The van der Waals surface area contributed by atoms with E-state index in [4.69, 9.17) is 11.8 Å². The largest absolute Gasteiger partial charge is 0.263 e. The highest BCUT2D eigenvalue weighted by molar-refractivity contribution is 7.92. The molecule has 0 saturated carbocycles. The van der Waals surface area contributed by atoms with Gasteiger partial charge in [0.15, 0.2) is 0 Å². The maximum absolute atomic E-state index is 4.70. The minimum absolute atomic E-state index is 0.356. The van der Waals surface area contributed by atoms with E-state index in [1.807, 2.05) is 0 Å². The first-order valence-electron chi connectivity index (χ1n) is 2.88. The van der Waals surface area contributed by atoms with Crippen LogP contribution in [0.4, 0.5) is 0 Å². The lowest BCUT2D eigenvalue weighted by atomic mass is 10.2. The Bertz CT molecular complexity index is 98.6. The molecule has 0 aliphatic carbocycles. The van der Waals surface area contributed by atoms with Crippen molar-refractivity contribution in [2.45, 2.75) is 32.7 Å². The number of hydrogen-bond donors (Lipinski definition) is 0. The van der Waals surface area contributed by atoms with Gasteiger partial charge in [0.05, 0.1) is 6.04 Å². The lowest BCUT2D eigenvalue weighted by Gasteiger charge is -1.98. The Morgan fingerprint density at radius 3 is 2.75 bits per heavy atom. The smallest absolute Gasteiger partial charge is 0.0517 e. The van der Waals surface area contributed by atoms with Crippen LogP contribution in [0, 0.1) is 0 Å². The number of rotatable bonds is 3. The molecule has 0 bridgehead atoms. The normalized spacial score (nSPS) is 13.8. The van der Waals surface area contributed by atoms with Crippen molar-refractivity contribution in [3.63, 3.8) is 0 Å². The van der Waals surface area contributed by atoms with Crippen LogP contribution in [0.1, 0.15) is 26.7 Å². The average Bonchev–Trinajstić information content (AvgIpc) is 1.68. The van der Waals surface area contributed by atoms with E-state index in [0.717, 1.165) is 0 Å². The quantitative estimate of drug-likeness (QED) is 0.561. The summed E-state index contributed by atoms with van der Waals surface area (Å²) in [6.07, 6.45) is 2.40. The van der Waals surface area contributed by atoms with E-state index in [2.05, 4.69) is 18.6 Å². The molecule has 0 N–H and O–H groups in total. The van der Waals surface area contributed by atoms with Gasteiger partial charge < -0.3 is 0 Å². The van der Waals surface area contributed by atoms with Crippen LogP contribution >= 0.6 is 7.15 Å². The molecule has 0 aliphatic heterocycles. The molecule has 0 aromatic carbocycles. The van der Waals surface area contributed by atoms with Gasteiger partial charge in [-0.25, -0.2) is 0 Å². The van der Waals surface area contributed by atoms with Gasteiger partial charge in [-0.1, -0.05) is 13.3 Å². The molecular formula is C5H12NPS. The molecule has 0 aromatic rings. The Balaban J connectivity index is 3.31. The van der Waals surface area contributed by atoms with Crippen LogP contribution in [0.5, 0.6) is 0 Å². The summed E-state index contributed by atoms with van der Waals surface area (Å²) in [5.41, 5.74) is 0. The molecule has 0 rings (SSSR count). The van der Waals surface area contributed by atoms with Gasteiger partial charge in [-0.15, -0.1) is 0 Å². The van der Waals surface area contributed by atoms with Gasteiger partial charge in [0, 0.05) is 7.15 Å². The van der Waals surface area contributed by atoms with Crippen molar-refractivity contribution in [1.29, 1.82) is 0 Å². The summed E-state index contributed by atoms with van der Waals surface area (Å²) in [7, 11) is 0.356. The standard InChI is InChI=1S/C5H12NPS/c1-3-4-5(2)6-7-8/h5,7H,3-4H2,1-2H3. The van der Waals surface area contributed by atoms with Gasteiger partial charge in [-0.05, 0) is 25.2 Å². The van der Waals surface area contributed by atoms with Gasteiger partial charge >= 0.3 is 0 Å². The summed E-state index contributed by atoms with van der Waals surface area (Å²) in [5, 5.41) is 0. The topological polar surface area (TPSA) is 12.4 Å². The lowest BCUT2D eigenvalue weighted by molar-refractivity contribution is 0.663. The second kappa shape index (κ2) is 5.46. The number of nitrogens with zero attached hydrogens (tertiary/aromatic N) is 1.